The molecule has 0 aliphatic heterocycles. The molecule has 1 N–H and O–H groups in total. The van der Waals surface area contributed by atoms with Crippen LogP contribution in [-0.2, 0) is 0 Å². The molecular formula is C14H9BrN2O. The minimum Gasteiger partial charge on any atom is -0.354 e. The molecule has 0 spiro atoms. The summed E-state index contributed by atoms with van der Waals surface area (Å²) in [5.74, 6) is 0. The SMILES string of the molecule is O=c1cc(-c2cccnc2)[nH]c2ccc(Br)cc12. The molecule has 0 aliphatic carbocycles. The molecule has 2 heterocycles. The van der Waals surface area contributed by atoms with Crippen molar-refractivity contribution in [3.05, 3.63) is 63.5 Å². The minimum atomic E-state index is 0.00361. The van der Waals surface area contributed by atoms with E-state index >= 15 is 0 Å². The summed E-state index contributed by atoms with van der Waals surface area (Å²) in [4.78, 5) is 19.4. The van der Waals surface area contributed by atoms with Gasteiger partial charge in [0.1, 0.15) is 0 Å². The summed E-state index contributed by atoms with van der Waals surface area (Å²) in [6, 6.07) is 11.0. The van der Waals surface area contributed by atoms with Crippen LogP contribution in [0.4, 0.5) is 0 Å². The second kappa shape index (κ2) is 4.38. The predicted molar refractivity (Wildman–Crippen MR) is 75.5 cm³/mol. The van der Waals surface area contributed by atoms with Gasteiger partial charge in [-0.2, -0.15) is 0 Å². The number of aromatic amines is 1. The number of hydrogen-bond donors (Lipinski definition) is 1. The van der Waals surface area contributed by atoms with E-state index in [0.29, 0.717) is 5.39 Å². The molecule has 18 heavy (non-hydrogen) atoms. The highest BCUT2D eigenvalue weighted by Gasteiger charge is 2.04. The number of rotatable bonds is 1. The summed E-state index contributed by atoms with van der Waals surface area (Å²) in [6.07, 6.45) is 3.44. The molecule has 0 aliphatic rings. The second-order valence-electron chi connectivity index (χ2n) is 3.98. The van der Waals surface area contributed by atoms with Gasteiger partial charge in [0.15, 0.2) is 5.43 Å². The van der Waals surface area contributed by atoms with Crippen LogP contribution in [-0.4, -0.2) is 9.97 Å². The maximum Gasteiger partial charge on any atom is 0.190 e. The molecule has 0 atom stereocenters. The second-order valence-corrected chi connectivity index (χ2v) is 4.89. The van der Waals surface area contributed by atoms with Crippen LogP contribution in [0.15, 0.2) is 58.1 Å². The van der Waals surface area contributed by atoms with Gasteiger partial charge in [0, 0.05) is 39.4 Å². The van der Waals surface area contributed by atoms with E-state index in [1.165, 1.54) is 0 Å². The van der Waals surface area contributed by atoms with E-state index in [1.807, 2.05) is 30.3 Å². The highest BCUT2D eigenvalue weighted by atomic mass is 79.9. The fraction of sp³-hybridized carbons (Fsp3) is 0. The first-order chi connectivity index (χ1) is 8.74. The number of hydrogen-bond acceptors (Lipinski definition) is 2. The standard InChI is InChI=1S/C14H9BrN2O/c15-10-3-4-12-11(6-10)14(18)7-13(17-12)9-2-1-5-16-8-9/h1-8H,(H,17,18). The molecule has 0 saturated heterocycles. The lowest BCUT2D eigenvalue weighted by atomic mass is 10.1. The summed E-state index contributed by atoms with van der Waals surface area (Å²) in [6.45, 7) is 0. The lowest BCUT2D eigenvalue weighted by Gasteiger charge is -2.04. The molecule has 0 fully saturated rings. The van der Waals surface area contributed by atoms with Crippen molar-refractivity contribution in [2.24, 2.45) is 0 Å². The van der Waals surface area contributed by atoms with Crippen LogP contribution < -0.4 is 5.43 Å². The van der Waals surface area contributed by atoms with Gasteiger partial charge in [0.25, 0.3) is 0 Å². The number of halogens is 1. The third kappa shape index (κ3) is 1.95. The summed E-state index contributed by atoms with van der Waals surface area (Å²) in [5, 5.41) is 0.678. The van der Waals surface area contributed by atoms with Crippen molar-refractivity contribution in [3.63, 3.8) is 0 Å². The van der Waals surface area contributed by atoms with E-state index in [1.54, 1.807) is 18.5 Å². The van der Waals surface area contributed by atoms with E-state index in [2.05, 4.69) is 25.9 Å². The molecule has 1 aromatic carbocycles. The third-order valence-electron chi connectivity index (χ3n) is 2.76. The number of aromatic nitrogens is 2. The van der Waals surface area contributed by atoms with Gasteiger partial charge in [-0.25, -0.2) is 0 Å². The fourth-order valence-electron chi connectivity index (χ4n) is 1.90. The Kier molecular flexibility index (Phi) is 2.72. The first-order valence-corrected chi connectivity index (χ1v) is 6.26. The van der Waals surface area contributed by atoms with Crippen molar-refractivity contribution in [1.82, 2.24) is 9.97 Å². The average Bonchev–Trinajstić information content (AvgIpc) is 2.40. The quantitative estimate of drug-likeness (QED) is 0.749. The van der Waals surface area contributed by atoms with Crippen molar-refractivity contribution in [1.29, 1.82) is 0 Å². The van der Waals surface area contributed by atoms with Crippen molar-refractivity contribution in [2.75, 3.05) is 0 Å². The Morgan fingerprint density at radius 2 is 2.06 bits per heavy atom. The number of nitrogens with zero attached hydrogens (tertiary/aromatic N) is 1. The van der Waals surface area contributed by atoms with Crippen molar-refractivity contribution in [3.8, 4) is 11.3 Å². The van der Waals surface area contributed by atoms with Crippen LogP contribution in [0.5, 0.6) is 0 Å². The summed E-state index contributed by atoms with van der Waals surface area (Å²) in [5.41, 5.74) is 2.51. The first-order valence-electron chi connectivity index (χ1n) is 5.47. The molecule has 88 valence electrons. The van der Waals surface area contributed by atoms with Gasteiger partial charge in [-0.05, 0) is 30.3 Å². The molecule has 0 saturated carbocycles. The van der Waals surface area contributed by atoms with Crippen LogP contribution in [0, 0.1) is 0 Å². The summed E-state index contributed by atoms with van der Waals surface area (Å²) < 4.78 is 0.898. The van der Waals surface area contributed by atoms with Gasteiger partial charge in [-0.3, -0.25) is 9.78 Å². The van der Waals surface area contributed by atoms with Crippen LogP contribution in [0.1, 0.15) is 0 Å². The molecule has 3 aromatic rings. The van der Waals surface area contributed by atoms with Crippen LogP contribution in [0.3, 0.4) is 0 Å². The number of fused-ring (bicyclic) bond motifs is 1. The molecule has 4 heteroatoms. The predicted octanol–water partition coefficient (Wildman–Crippen LogP) is 3.35. The molecule has 3 rings (SSSR count). The molecule has 3 nitrogen and oxygen atoms in total. The molecule has 0 unspecified atom stereocenters. The van der Waals surface area contributed by atoms with Crippen molar-refractivity contribution < 1.29 is 0 Å². The zero-order valence-electron chi connectivity index (χ0n) is 9.35. The Bertz CT molecular complexity index is 766. The summed E-state index contributed by atoms with van der Waals surface area (Å²) >= 11 is 3.37. The van der Waals surface area contributed by atoms with Crippen molar-refractivity contribution in [2.45, 2.75) is 0 Å². The first kappa shape index (κ1) is 11.2. The molecule has 0 amide bonds. The average molecular weight is 301 g/mol. The zero-order chi connectivity index (χ0) is 12.5. The minimum absolute atomic E-state index is 0.00361. The number of nitrogens with one attached hydrogen (secondary N) is 1. The van der Waals surface area contributed by atoms with Gasteiger partial charge < -0.3 is 4.98 Å². The van der Waals surface area contributed by atoms with E-state index in [0.717, 1.165) is 21.2 Å². The molecule has 2 aromatic heterocycles. The smallest absolute Gasteiger partial charge is 0.190 e. The highest BCUT2D eigenvalue weighted by Crippen LogP contribution is 2.19. The van der Waals surface area contributed by atoms with Gasteiger partial charge >= 0.3 is 0 Å². The normalized spacial score (nSPS) is 10.7. The largest absolute Gasteiger partial charge is 0.354 e. The number of benzene rings is 1. The number of pyridine rings is 2. The Labute approximate surface area is 112 Å². The van der Waals surface area contributed by atoms with Crippen LogP contribution >= 0.6 is 15.9 Å². The van der Waals surface area contributed by atoms with Gasteiger partial charge in [0.2, 0.25) is 0 Å². The highest BCUT2D eigenvalue weighted by molar-refractivity contribution is 9.10. The molecule has 0 radical (unpaired) electrons. The summed E-state index contributed by atoms with van der Waals surface area (Å²) in [7, 11) is 0. The lowest BCUT2D eigenvalue weighted by molar-refractivity contribution is 1.30. The fourth-order valence-corrected chi connectivity index (χ4v) is 2.26. The van der Waals surface area contributed by atoms with Gasteiger partial charge in [-0.15, -0.1) is 0 Å². The van der Waals surface area contributed by atoms with Gasteiger partial charge in [-0.1, -0.05) is 15.9 Å². The Morgan fingerprint density at radius 1 is 1.17 bits per heavy atom. The topological polar surface area (TPSA) is 45.8 Å². The van der Waals surface area contributed by atoms with Gasteiger partial charge in [0.05, 0.1) is 5.69 Å². The maximum atomic E-state index is 12.1. The Hall–Kier alpha value is -1.94. The van der Waals surface area contributed by atoms with E-state index in [9.17, 15) is 4.79 Å². The molecule has 0 bridgehead atoms. The molecular weight excluding hydrogens is 292 g/mol. The van der Waals surface area contributed by atoms with E-state index < -0.39 is 0 Å². The van der Waals surface area contributed by atoms with E-state index in [4.69, 9.17) is 0 Å². The zero-order valence-corrected chi connectivity index (χ0v) is 10.9. The third-order valence-corrected chi connectivity index (χ3v) is 3.26. The Balaban J connectivity index is 2.29. The maximum absolute atomic E-state index is 12.1. The van der Waals surface area contributed by atoms with E-state index in [-0.39, 0.29) is 5.43 Å². The lowest BCUT2D eigenvalue weighted by Crippen LogP contribution is -2.02. The Morgan fingerprint density at radius 3 is 2.83 bits per heavy atom. The number of H-pyrrole nitrogens is 1. The van der Waals surface area contributed by atoms with Crippen LogP contribution in [0.25, 0.3) is 22.2 Å². The van der Waals surface area contributed by atoms with Crippen molar-refractivity contribution >= 4 is 26.8 Å². The van der Waals surface area contributed by atoms with Crippen LogP contribution in [0.2, 0.25) is 0 Å². The monoisotopic (exact) mass is 300 g/mol.